The Morgan fingerprint density at radius 3 is 2.52 bits per heavy atom. The van der Waals surface area contributed by atoms with E-state index in [2.05, 4.69) is 39.1 Å². The molecule has 1 fully saturated rings. The molecule has 0 radical (unpaired) electrons. The number of nitrogens with one attached hydrogen (secondary N) is 1. The van der Waals surface area contributed by atoms with Gasteiger partial charge in [-0.3, -0.25) is 9.89 Å². The van der Waals surface area contributed by atoms with Gasteiger partial charge in [-0.05, 0) is 38.4 Å². The number of rotatable bonds is 7. The second-order valence-electron chi connectivity index (χ2n) is 6.77. The molecule has 154 valence electrons. The van der Waals surface area contributed by atoms with Gasteiger partial charge >= 0.3 is 0 Å². The maximum absolute atomic E-state index is 5.80. The van der Waals surface area contributed by atoms with Crippen LogP contribution in [0.3, 0.4) is 0 Å². The molecular formula is C19H34IN5O2. The van der Waals surface area contributed by atoms with Gasteiger partial charge in [0.25, 0.3) is 0 Å². The highest BCUT2D eigenvalue weighted by atomic mass is 127. The zero-order valence-corrected chi connectivity index (χ0v) is 19.5. The Bertz CT molecular complexity index is 570. The summed E-state index contributed by atoms with van der Waals surface area (Å²) in [5.41, 5.74) is 0. The number of hydrogen-bond donors (Lipinski definition) is 1. The van der Waals surface area contributed by atoms with Crippen LogP contribution in [0.1, 0.15) is 0 Å². The van der Waals surface area contributed by atoms with Gasteiger partial charge in [0.2, 0.25) is 0 Å². The van der Waals surface area contributed by atoms with Crippen LogP contribution in [0.4, 0.5) is 0 Å². The van der Waals surface area contributed by atoms with Crippen LogP contribution in [-0.4, -0.2) is 101 Å². The third-order valence-electron chi connectivity index (χ3n) is 4.80. The lowest BCUT2D eigenvalue weighted by Crippen LogP contribution is -2.55. The fourth-order valence-electron chi connectivity index (χ4n) is 2.99. The average Bonchev–Trinajstić information content (AvgIpc) is 2.65. The molecule has 0 amide bonds. The minimum atomic E-state index is 0. The van der Waals surface area contributed by atoms with Crippen LogP contribution >= 0.6 is 24.0 Å². The van der Waals surface area contributed by atoms with E-state index in [-0.39, 0.29) is 24.0 Å². The molecule has 0 saturated carbocycles. The lowest BCUT2D eigenvalue weighted by molar-refractivity contribution is 0.116. The fourth-order valence-corrected chi connectivity index (χ4v) is 2.99. The topological polar surface area (TPSA) is 52.6 Å². The summed E-state index contributed by atoms with van der Waals surface area (Å²) in [7, 11) is 9.88. The minimum Gasteiger partial charge on any atom is -0.497 e. The number of ether oxygens (including phenoxy) is 2. The van der Waals surface area contributed by atoms with Gasteiger partial charge in [-0.2, -0.15) is 0 Å². The first kappa shape index (κ1) is 23.8. The van der Waals surface area contributed by atoms with E-state index in [9.17, 15) is 0 Å². The molecule has 1 aliphatic rings. The van der Waals surface area contributed by atoms with Crippen LogP contribution in [0, 0.1) is 0 Å². The molecule has 1 aromatic rings. The van der Waals surface area contributed by atoms with Gasteiger partial charge < -0.3 is 24.6 Å². The van der Waals surface area contributed by atoms with Crippen molar-refractivity contribution >= 4 is 29.9 Å². The molecule has 1 aromatic carbocycles. The van der Waals surface area contributed by atoms with E-state index in [1.165, 1.54) is 0 Å². The summed E-state index contributed by atoms with van der Waals surface area (Å²) in [6.45, 7) is 5.54. The molecule has 27 heavy (non-hydrogen) atoms. The Morgan fingerprint density at radius 1 is 1.22 bits per heavy atom. The zero-order valence-electron chi connectivity index (χ0n) is 17.1. The third-order valence-corrected chi connectivity index (χ3v) is 4.80. The van der Waals surface area contributed by atoms with Gasteiger partial charge in [0.15, 0.2) is 5.96 Å². The van der Waals surface area contributed by atoms with Gasteiger partial charge in [0.1, 0.15) is 18.1 Å². The summed E-state index contributed by atoms with van der Waals surface area (Å²) in [6, 6.07) is 8.13. The Labute approximate surface area is 180 Å². The summed E-state index contributed by atoms with van der Waals surface area (Å²) in [4.78, 5) is 11.3. The van der Waals surface area contributed by atoms with Gasteiger partial charge in [0.05, 0.1) is 13.7 Å². The van der Waals surface area contributed by atoms with E-state index in [0.717, 1.165) is 50.2 Å². The summed E-state index contributed by atoms with van der Waals surface area (Å²) < 4.78 is 11.0. The quantitative estimate of drug-likeness (QED) is 0.354. The van der Waals surface area contributed by atoms with Crippen molar-refractivity contribution in [3.05, 3.63) is 24.3 Å². The van der Waals surface area contributed by atoms with Crippen molar-refractivity contribution in [3.63, 3.8) is 0 Å². The van der Waals surface area contributed by atoms with Gasteiger partial charge in [-0.1, -0.05) is 0 Å². The maximum atomic E-state index is 5.80. The minimum absolute atomic E-state index is 0. The van der Waals surface area contributed by atoms with Crippen molar-refractivity contribution < 1.29 is 9.47 Å². The Morgan fingerprint density at radius 2 is 1.89 bits per heavy atom. The molecule has 1 N–H and O–H groups in total. The monoisotopic (exact) mass is 491 g/mol. The molecule has 1 unspecified atom stereocenters. The molecule has 0 bridgehead atoms. The van der Waals surface area contributed by atoms with E-state index in [1.54, 1.807) is 7.11 Å². The predicted octanol–water partition coefficient (Wildman–Crippen LogP) is 1.45. The first-order valence-corrected chi connectivity index (χ1v) is 9.11. The number of aliphatic imine (C=N–C) groups is 1. The SMILES string of the molecule is CN=C(NCC1CN(C)CCN1C)N(C)CCOc1ccc(OC)cc1.I. The van der Waals surface area contributed by atoms with E-state index in [1.807, 2.05) is 38.4 Å². The molecule has 0 spiro atoms. The summed E-state index contributed by atoms with van der Waals surface area (Å²) >= 11 is 0. The number of hydrogen-bond acceptors (Lipinski definition) is 5. The molecule has 1 heterocycles. The van der Waals surface area contributed by atoms with Crippen LogP contribution in [0.15, 0.2) is 29.3 Å². The first-order valence-electron chi connectivity index (χ1n) is 9.11. The Balaban J connectivity index is 0.00000364. The number of methoxy groups -OCH3 is 1. The van der Waals surface area contributed by atoms with Crippen molar-refractivity contribution in [1.29, 1.82) is 0 Å². The molecule has 1 aliphatic heterocycles. The van der Waals surface area contributed by atoms with Gasteiger partial charge in [0, 0.05) is 46.3 Å². The largest absolute Gasteiger partial charge is 0.497 e. The third kappa shape index (κ3) is 7.71. The molecule has 1 atom stereocenters. The summed E-state index contributed by atoms with van der Waals surface area (Å²) in [5, 5.41) is 3.49. The molecular weight excluding hydrogens is 457 g/mol. The van der Waals surface area contributed by atoms with Crippen molar-refractivity contribution in [1.82, 2.24) is 20.0 Å². The number of benzene rings is 1. The molecule has 1 saturated heterocycles. The Hall–Kier alpha value is -1.26. The number of nitrogens with zero attached hydrogens (tertiary/aromatic N) is 4. The average molecular weight is 491 g/mol. The number of guanidine groups is 1. The fraction of sp³-hybridized carbons (Fsp3) is 0.632. The van der Waals surface area contributed by atoms with Crippen molar-refractivity contribution in [2.45, 2.75) is 6.04 Å². The Kier molecular flexibility index (Phi) is 10.8. The van der Waals surface area contributed by atoms with Crippen molar-refractivity contribution in [3.8, 4) is 11.5 Å². The lowest BCUT2D eigenvalue weighted by Gasteiger charge is -2.38. The normalized spacial score (nSPS) is 18.6. The second kappa shape index (κ2) is 12.2. The van der Waals surface area contributed by atoms with E-state index >= 15 is 0 Å². The maximum Gasteiger partial charge on any atom is 0.193 e. The first-order chi connectivity index (χ1) is 12.5. The van der Waals surface area contributed by atoms with Crippen LogP contribution in [0.25, 0.3) is 0 Å². The predicted molar refractivity (Wildman–Crippen MR) is 122 cm³/mol. The molecule has 8 heteroatoms. The van der Waals surface area contributed by atoms with Crippen LogP contribution in [-0.2, 0) is 0 Å². The van der Waals surface area contributed by atoms with Crippen molar-refractivity contribution in [2.24, 2.45) is 4.99 Å². The molecule has 0 aliphatic carbocycles. The van der Waals surface area contributed by atoms with Gasteiger partial charge in [-0.25, -0.2) is 0 Å². The number of piperazine rings is 1. The van der Waals surface area contributed by atoms with Crippen LogP contribution < -0.4 is 14.8 Å². The van der Waals surface area contributed by atoms with Crippen LogP contribution in [0.2, 0.25) is 0 Å². The highest BCUT2D eigenvalue weighted by Crippen LogP contribution is 2.16. The number of halogens is 1. The van der Waals surface area contributed by atoms with Crippen molar-refractivity contribution in [2.75, 3.05) is 74.6 Å². The molecule has 0 aromatic heterocycles. The molecule has 2 rings (SSSR count). The summed E-state index contributed by atoms with van der Waals surface area (Å²) in [6.07, 6.45) is 0. The zero-order chi connectivity index (χ0) is 18.9. The summed E-state index contributed by atoms with van der Waals surface area (Å²) in [5.74, 6) is 2.57. The lowest BCUT2D eigenvalue weighted by atomic mass is 10.2. The highest BCUT2D eigenvalue weighted by molar-refractivity contribution is 14.0. The molecule has 7 nitrogen and oxygen atoms in total. The van der Waals surface area contributed by atoms with E-state index in [4.69, 9.17) is 9.47 Å². The van der Waals surface area contributed by atoms with E-state index < -0.39 is 0 Å². The van der Waals surface area contributed by atoms with Gasteiger partial charge in [-0.15, -0.1) is 24.0 Å². The smallest absolute Gasteiger partial charge is 0.193 e. The highest BCUT2D eigenvalue weighted by Gasteiger charge is 2.22. The standard InChI is InChI=1S/C19H33N5O2.HI/c1-20-19(21-14-16-15-22(2)10-11-23(16)3)24(4)12-13-26-18-8-6-17(25-5)7-9-18;/h6-9,16H,10-15H2,1-5H3,(H,20,21);1H. The second-order valence-corrected chi connectivity index (χ2v) is 6.77. The van der Waals surface area contributed by atoms with Crippen LogP contribution in [0.5, 0.6) is 11.5 Å². The van der Waals surface area contributed by atoms with E-state index in [0.29, 0.717) is 12.6 Å². The number of likely N-dealkylation sites (N-methyl/N-ethyl adjacent to an activating group) is 3.